The van der Waals surface area contributed by atoms with Gasteiger partial charge in [0.2, 0.25) is 6.23 Å². The number of hydrogen-bond donors (Lipinski definition) is 0. The van der Waals surface area contributed by atoms with Crippen molar-refractivity contribution in [1.82, 2.24) is 0 Å². The van der Waals surface area contributed by atoms with Crippen LogP contribution < -0.4 is 12.4 Å². The Labute approximate surface area is 128 Å². The van der Waals surface area contributed by atoms with Crippen LogP contribution in [0.25, 0.3) is 0 Å². The Morgan fingerprint density at radius 1 is 1.30 bits per heavy atom. The van der Waals surface area contributed by atoms with Crippen molar-refractivity contribution in [1.29, 1.82) is 0 Å². The molecule has 20 heavy (non-hydrogen) atoms. The van der Waals surface area contributed by atoms with Crippen molar-refractivity contribution in [2.75, 3.05) is 14.1 Å². The first-order chi connectivity index (χ1) is 8.86. The number of rotatable bonds is 6. The van der Waals surface area contributed by atoms with Gasteiger partial charge in [0, 0.05) is 17.6 Å². The number of carbonyl (C=O) groups excluding carboxylic acids is 1. The molecule has 0 aliphatic rings. The maximum absolute atomic E-state index is 11.7. The molecule has 0 saturated heterocycles. The molecule has 4 heteroatoms. The van der Waals surface area contributed by atoms with Crippen LogP contribution >= 0.6 is 0 Å². The van der Waals surface area contributed by atoms with Crippen LogP contribution in [0.2, 0.25) is 0 Å². The lowest BCUT2D eigenvalue weighted by molar-refractivity contribution is -0.947. The number of hydrogen-bond acceptors (Lipinski definition) is 2. The van der Waals surface area contributed by atoms with Gasteiger partial charge < -0.3 is 17.1 Å². The van der Waals surface area contributed by atoms with E-state index in [1.807, 2.05) is 25.1 Å². The number of carbonyl (C=O) groups is 1. The van der Waals surface area contributed by atoms with Crippen LogP contribution in [0.1, 0.15) is 25.8 Å². The van der Waals surface area contributed by atoms with Crippen molar-refractivity contribution in [2.45, 2.75) is 33.0 Å². The van der Waals surface area contributed by atoms with Gasteiger partial charge in [-0.3, -0.25) is 4.48 Å². The van der Waals surface area contributed by atoms with Crippen LogP contribution in [0.15, 0.2) is 42.5 Å². The maximum atomic E-state index is 11.7. The summed E-state index contributed by atoms with van der Waals surface area (Å²) in [4.78, 5) is 11.7. The monoisotopic (exact) mass is 297 g/mol. The molecule has 1 aromatic carbocycles. The molecule has 0 aliphatic heterocycles. The molecule has 0 heterocycles. The van der Waals surface area contributed by atoms with Crippen molar-refractivity contribution in [3.8, 4) is 0 Å². The molecule has 0 spiro atoms. The minimum Gasteiger partial charge on any atom is -1.00 e. The average Bonchev–Trinajstić information content (AvgIpc) is 2.35. The molecule has 1 rings (SSSR count). The van der Waals surface area contributed by atoms with E-state index in [1.165, 1.54) is 5.56 Å². The van der Waals surface area contributed by atoms with Gasteiger partial charge in [0.05, 0.1) is 14.1 Å². The number of ether oxygens (including phenoxy) is 1. The van der Waals surface area contributed by atoms with E-state index in [9.17, 15) is 4.79 Å². The highest BCUT2D eigenvalue weighted by Crippen LogP contribution is 2.18. The van der Waals surface area contributed by atoms with Gasteiger partial charge in [-0.15, -0.1) is 0 Å². The lowest BCUT2D eigenvalue weighted by atomic mass is 10.2. The van der Waals surface area contributed by atoms with Gasteiger partial charge in [-0.1, -0.05) is 43.8 Å². The molecule has 1 aromatic rings. The SMILES string of the molecule is C=C(C)C(=O)OC(CC)[N+](C)(C)Cc1ccccc1.[Cl-]. The zero-order valence-electron chi connectivity index (χ0n) is 12.7. The third-order valence-corrected chi connectivity index (χ3v) is 3.15. The molecule has 0 aliphatic carbocycles. The lowest BCUT2D eigenvalue weighted by Crippen LogP contribution is -3.00. The normalized spacial score (nSPS) is 12.2. The Kier molecular flexibility index (Phi) is 7.54. The first-order valence-corrected chi connectivity index (χ1v) is 6.60. The molecular weight excluding hydrogens is 274 g/mol. The summed E-state index contributed by atoms with van der Waals surface area (Å²) in [5.41, 5.74) is 1.68. The van der Waals surface area contributed by atoms with Crippen LogP contribution in [0.4, 0.5) is 0 Å². The standard InChI is InChI=1S/C16H24NO2.ClH/c1-6-15(19-16(18)13(2)3)17(4,5)12-14-10-8-7-9-11-14;/h7-11,15H,2,6,12H2,1,3-5H3;1H/q+1;/p-1. The Morgan fingerprint density at radius 3 is 2.30 bits per heavy atom. The fourth-order valence-electron chi connectivity index (χ4n) is 2.10. The zero-order valence-corrected chi connectivity index (χ0v) is 13.5. The van der Waals surface area contributed by atoms with E-state index in [4.69, 9.17) is 4.74 Å². The Bertz CT molecular complexity index is 443. The molecule has 0 bridgehead atoms. The fraction of sp³-hybridized carbons (Fsp3) is 0.438. The van der Waals surface area contributed by atoms with E-state index in [0.717, 1.165) is 13.0 Å². The average molecular weight is 298 g/mol. The summed E-state index contributed by atoms with van der Waals surface area (Å²) in [5.74, 6) is -0.314. The van der Waals surface area contributed by atoms with Gasteiger partial charge in [0.25, 0.3) is 0 Å². The van der Waals surface area contributed by atoms with Crippen LogP contribution in [-0.4, -0.2) is 30.8 Å². The summed E-state index contributed by atoms with van der Waals surface area (Å²) in [6.45, 7) is 8.15. The van der Waals surface area contributed by atoms with Crippen molar-refractivity contribution in [2.24, 2.45) is 0 Å². The van der Waals surface area contributed by atoms with E-state index in [-0.39, 0.29) is 24.6 Å². The van der Waals surface area contributed by atoms with Gasteiger partial charge in [0.15, 0.2) is 0 Å². The van der Waals surface area contributed by atoms with Crippen LogP contribution in [0, 0.1) is 0 Å². The number of benzene rings is 1. The third-order valence-electron chi connectivity index (χ3n) is 3.15. The summed E-state index contributed by atoms with van der Waals surface area (Å²) >= 11 is 0. The van der Waals surface area contributed by atoms with Crippen molar-refractivity contribution in [3.05, 3.63) is 48.0 Å². The summed E-state index contributed by atoms with van der Waals surface area (Å²) < 4.78 is 6.14. The quantitative estimate of drug-likeness (QED) is 0.323. The second-order valence-electron chi connectivity index (χ2n) is 5.47. The molecule has 112 valence electrons. The number of halogens is 1. The first kappa shape index (κ1) is 18.7. The molecular formula is C16H24ClNO2. The topological polar surface area (TPSA) is 26.3 Å². The molecule has 0 fully saturated rings. The van der Waals surface area contributed by atoms with Crippen molar-refractivity contribution >= 4 is 5.97 Å². The van der Waals surface area contributed by atoms with E-state index in [0.29, 0.717) is 10.1 Å². The Morgan fingerprint density at radius 2 is 1.85 bits per heavy atom. The number of nitrogens with zero attached hydrogens (tertiary/aromatic N) is 1. The molecule has 0 amide bonds. The third kappa shape index (κ3) is 5.35. The predicted octanol–water partition coefficient (Wildman–Crippen LogP) is 0.122. The molecule has 0 aromatic heterocycles. The maximum Gasteiger partial charge on any atom is 0.337 e. The van der Waals surface area contributed by atoms with Crippen LogP contribution in [0.3, 0.4) is 0 Å². The summed E-state index contributed by atoms with van der Waals surface area (Å²) in [6, 6.07) is 10.2. The molecule has 0 radical (unpaired) electrons. The van der Waals surface area contributed by atoms with Gasteiger partial charge >= 0.3 is 5.97 Å². The molecule has 1 unspecified atom stereocenters. The fourth-order valence-corrected chi connectivity index (χ4v) is 2.10. The van der Waals surface area contributed by atoms with E-state index < -0.39 is 0 Å². The Hall–Kier alpha value is -1.32. The summed E-state index contributed by atoms with van der Waals surface area (Å²) in [7, 11) is 4.15. The minimum absolute atomic E-state index is 0. The molecule has 0 saturated carbocycles. The highest BCUT2D eigenvalue weighted by atomic mass is 35.5. The molecule has 3 nitrogen and oxygen atoms in total. The highest BCUT2D eigenvalue weighted by Gasteiger charge is 2.30. The first-order valence-electron chi connectivity index (χ1n) is 6.60. The van der Waals surface area contributed by atoms with Gasteiger partial charge in [-0.2, -0.15) is 0 Å². The highest BCUT2D eigenvalue weighted by molar-refractivity contribution is 5.86. The van der Waals surface area contributed by atoms with Crippen molar-refractivity contribution < 1.29 is 26.4 Å². The van der Waals surface area contributed by atoms with Crippen LogP contribution in [0.5, 0.6) is 0 Å². The Balaban J connectivity index is 0.00000361. The van der Waals surface area contributed by atoms with E-state index >= 15 is 0 Å². The molecule has 0 N–H and O–H groups in total. The minimum atomic E-state index is -0.314. The lowest BCUT2D eigenvalue weighted by Gasteiger charge is -2.36. The largest absolute Gasteiger partial charge is 1.00 e. The summed E-state index contributed by atoms with van der Waals surface area (Å²) in [5, 5.41) is 0. The van der Waals surface area contributed by atoms with Gasteiger partial charge in [-0.05, 0) is 6.92 Å². The predicted molar refractivity (Wildman–Crippen MR) is 77.2 cm³/mol. The van der Waals surface area contributed by atoms with Crippen molar-refractivity contribution in [3.63, 3.8) is 0 Å². The number of esters is 1. The smallest absolute Gasteiger partial charge is 0.337 e. The van der Waals surface area contributed by atoms with Gasteiger partial charge in [-0.25, -0.2) is 4.79 Å². The number of quaternary nitrogens is 1. The van der Waals surface area contributed by atoms with E-state index in [2.05, 4.69) is 32.8 Å². The molecule has 1 atom stereocenters. The second kappa shape index (κ2) is 8.08. The second-order valence-corrected chi connectivity index (χ2v) is 5.47. The zero-order chi connectivity index (χ0) is 14.5. The summed E-state index contributed by atoms with van der Waals surface area (Å²) in [6.07, 6.45) is 0.614. The van der Waals surface area contributed by atoms with E-state index in [1.54, 1.807) is 6.92 Å². The van der Waals surface area contributed by atoms with Gasteiger partial charge in [0.1, 0.15) is 6.54 Å². The van der Waals surface area contributed by atoms with Crippen LogP contribution in [-0.2, 0) is 16.1 Å².